The fourth-order valence-corrected chi connectivity index (χ4v) is 2.04. The van der Waals surface area contributed by atoms with Gasteiger partial charge in [0.15, 0.2) is 6.10 Å². The van der Waals surface area contributed by atoms with Crippen LogP contribution in [0.25, 0.3) is 10.4 Å². The molecule has 0 bridgehead atoms. The first-order chi connectivity index (χ1) is 10.3. The van der Waals surface area contributed by atoms with E-state index in [4.69, 9.17) is 24.5 Å². The zero-order chi connectivity index (χ0) is 16.7. The maximum absolute atomic E-state index is 11.1. The molecular weight excluding hydrogens is 298 g/mol. The van der Waals surface area contributed by atoms with E-state index in [1.807, 2.05) is 0 Å². The van der Waals surface area contributed by atoms with E-state index < -0.39 is 42.5 Å². The molecule has 10 nitrogen and oxygen atoms in total. The van der Waals surface area contributed by atoms with Crippen LogP contribution in [0.4, 0.5) is 0 Å². The highest BCUT2D eigenvalue weighted by Gasteiger charge is 2.44. The Balaban J connectivity index is 2.83. The molecule has 0 N–H and O–H groups in total. The van der Waals surface area contributed by atoms with E-state index in [2.05, 4.69) is 10.0 Å². The molecule has 1 aliphatic heterocycles. The Morgan fingerprint density at radius 3 is 2.36 bits per heavy atom. The van der Waals surface area contributed by atoms with E-state index in [0.717, 1.165) is 0 Å². The Hall–Kier alpha value is -2.32. The molecule has 1 rings (SSSR count). The van der Waals surface area contributed by atoms with Crippen LogP contribution in [0.2, 0.25) is 0 Å². The van der Waals surface area contributed by atoms with E-state index in [1.165, 1.54) is 20.8 Å². The third kappa shape index (κ3) is 5.58. The normalized spacial score (nSPS) is 24.8. The molecule has 1 fully saturated rings. The molecule has 1 aliphatic rings. The summed E-state index contributed by atoms with van der Waals surface area (Å²) in [5, 5.41) is 3.35. The summed E-state index contributed by atoms with van der Waals surface area (Å²) in [6.07, 6.45) is -3.39. The van der Waals surface area contributed by atoms with Crippen LogP contribution in [0.1, 0.15) is 27.2 Å². The molecule has 0 aromatic rings. The molecule has 0 spiro atoms. The summed E-state index contributed by atoms with van der Waals surface area (Å²) < 4.78 is 20.5. The number of carbonyl (C=O) groups is 3. The highest BCUT2D eigenvalue weighted by Crippen LogP contribution is 2.28. The minimum Gasteiger partial charge on any atom is -0.460 e. The van der Waals surface area contributed by atoms with Crippen LogP contribution in [0.5, 0.6) is 0 Å². The van der Waals surface area contributed by atoms with Gasteiger partial charge < -0.3 is 18.9 Å². The lowest BCUT2D eigenvalue weighted by molar-refractivity contribution is -0.200. The molecule has 4 atom stereocenters. The number of carbonyl (C=O) groups excluding carboxylic acids is 3. The average molecular weight is 315 g/mol. The second kappa shape index (κ2) is 8.20. The van der Waals surface area contributed by atoms with Gasteiger partial charge >= 0.3 is 17.9 Å². The summed E-state index contributed by atoms with van der Waals surface area (Å²) >= 11 is 0. The van der Waals surface area contributed by atoms with Crippen molar-refractivity contribution in [2.24, 2.45) is 5.11 Å². The summed E-state index contributed by atoms with van der Waals surface area (Å²) in [6, 6.07) is 0. The number of hydrogen-bond acceptors (Lipinski definition) is 8. The van der Waals surface area contributed by atoms with Crippen LogP contribution in [0.15, 0.2) is 5.11 Å². The molecule has 0 saturated carbocycles. The Bertz CT molecular complexity index is 461. The highest BCUT2D eigenvalue weighted by molar-refractivity contribution is 5.67. The number of ether oxygens (including phenoxy) is 4. The highest BCUT2D eigenvalue weighted by atomic mass is 16.7. The molecular formula is C12H17N3O7. The number of rotatable bonds is 6. The van der Waals surface area contributed by atoms with Gasteiger partial charge in [-0.3, -0.25) is 14.4 Å². The average Bonchev–Trinajstić information content (AvgIpc) is 2.75. The minimum absolute atomic E-state index is 0.135. The van der Waals surface area contributed by atoms with Gasteiger partial charge in [-0.15, -0.1) is 0 Å². The van der Waals surface area contributed by atoms with Crippen molar-refractivity contribution >= 4 is 17.9 Å². The van der Waals surface area contributed by atoms with Crippen molar-refractivity contribution < 1.29 is 33.3 Å². The first-order valence-electron chi connectivity index (χ1n) is 6.51. The Morgan fingerprint density at radius 2 is 1.86 bits per heavy atom. The lowest BCUT2D eigenvalue weighted by Gasteiger charge is -2.21. The third-order valence-electron chi connectivity index (χ3n) is 2.73. The molecule has 1 heterocycles. The van der Waals surface area contributed by atoms with Crippen molar-refractivity contribution in [3.05, 3.63) is 10.4 Å². The van der Waals surface area contributed by atoms with Crippen molar-refractivity contribution in [3.8, 4) is 0 Å². The van der Waals surface area contributed by atoms with Crippen molar-refractivity contribution in [1.29, 1.82) is 0 Å². The molecule has 10 heteroatoms. The van der Waals surface area contributed by atoms with Crippen LogP contribution in [0, 0.1) is 0 Å². The maximum atomic E-state index is 11.1. The fraction of sp³-hybridized carbons (Fsp3) is 0.750. The largest absolute Gasteiger partial charge is 0.460 e. The summed E-state index contributed by atoms with van der Waals surface area (Å²) in [5.74, 6) is -1.76. The predicted octanol–water partition coefficient (Wildman–Crippen LogP) is 0.838. The van der Waals surface area contributed by atoms with Gasteiger partial charge in [0.1, 0.15) is 12.2 Å². The van der Waals surface area contributed by atoms with Gasteiger partial charge in [-0.1, -0.05) is 5.11 Å². The molecule has 1 saturated heterocycles. The van der Waals surface area contributed by atoms with Crippen LogP contribution in [-0.2, 0) is 33.3 Å². The SMILES string of the molecule is CC(=O)O[C@@H]1O[C@H]([C@H](CN=[N+]=[N-])OC(C)=O)C[C@H]1OC(C)=O. The Morgan fingerprint density at radius 1 is 1.23 bits per heavy atom. The predicted molar refractivity (Wildman–Crippen MR) is 70.2 cm³/mol. The van der Waals surface area contributed by atoms with E-state index >= 15 is 0 Å². The molecule has 0 aromatic heterocycles. The molecule has 0 aliphatic carbocycles. The van der Waals surface area contributed by atoms with Gasteiger partial charge in [0.2, 0.25) is 6.29 Å². The molecule has 122 valence electrons. The first-order valence-corrected chi connectivity index (χ1v) is 6.51. The standard InChI is InChI=1S/C12H17N3O7/c1-6(16)19-10-4-9(22-12(10)21-8(3)18)11(5-14-15-13)20-7(2)17/h9-12H,4-5H2,1-3H3/t9-,10+,11-,12+/m0/s1. The monoisotopic (exact) mass is 315 g/mol. The van der Waals surface area contributed by atoms with Gasteiger partial charge in [0.05, 0.1) is 6.54 Å². The topological polar surface area (TPSA) is 137 Å². The molecule has 22 heavy (non-hydrogen) atoms. The second-order valence-electron chi connectivity index (χ2n) is 4.60. The number of azide groups is 1. The van der Waals surface area contributed by atoms with Gasteiger partial charge in [-0.05, 0) is 5.53 Å². The van der Waals surface area contributed by atoms with E-state index in [1.54, 1.807) is 0 Å². The van der Waals surface area contributed by atoms with Crippen molar-refractivity contribution in [3.63, 3.8) is 0 Å². The number of esters is 3. The lowest BCUT2D eigenvalue weighted by Crippen LogP contribution is -2.34. The maximum Gasteiger partial charge on any atom is 0.305 e. The fourth-order valence-electron chi connectivity index (χ4n) is 2.04. The number of hydrogen-bond donors (Lipinski definition) is 0. The Labute approximate surface area is 126 Å². The van der Waals surface area contributed by atoms with Crippen LogP contribution in [0.3, 0.4) is 0 Å². The molecule has 0 unspecified atom stereocenters. The lowest BCUT2D eigenvalue weighted by atomic mass is 10.1. The zero-order valence-corrected chi connectivity index (χ0v) is 12.4. The van der Waals surface area contributed by atoms with E-state index in [0.29, 0.717) is 0 Å². The molecule has 0 amide bonds. The van der Waals surface area contributed by atoms with Crippen LogP contribution in [-0.4, -0.2) is 49.1 Å². The van der Waals surface area contributed by atoms with E-state index in [-0.39, 0.29) is 13.0 Å². The Kier molecular flexibility index (Phi) is 6.61. The van der Waals surface area contributed by atoms with Crippen molar-refractivity contribution in [2.45, 2.75) is 51.8 Å². The van der Waals surface area contributed by atoms with Crippen molar-refractivity contribution in [1.82, 2.24) is 0 Å². The van der Waals surface area contributed by atoms with Gasteiger partial charge in [0.25, 0.3) is 0 Å². The van der Waals surface area contributed by atoms with Crippen LogP contribution >= 0.6 is 0 Å². The number of nitrogens with zero attached hydrogens (tertiary/aromatic N) is 3. The minimum atomic E-state index is -1.10. The summed E-state index contributed by atoms with van der Waals surface area (Å²) in [7, 11) is 0. The van der Waals surface area contributed by atoms with Crippen molar-refractivity contribution in [2.75, 3.05) is 6.54 Å². The summed E-state index contributed by atoms with van der Waals surface area (Å²) in [5.41, 5.74) is 8.37. The van der Waals surface area contributed by atoms with Crippen LogP contribution < -0.4 is 0 Å². The summed E-state index contributed by atoms with van der Waals surface area (Å²) in [4.78, 5) is 35.9. The molecule has 0 radical (unpaired) electrons. The van der Waals surface area contributed by atoms with Gasteiger partial charge in [0, 0.05) is 32.1 Å². The van der Waals surface area contributed by atoms with Gasteiger partial charge in [-0.2, -0.15) is 0 Å². The quantitative estimate of drug-likeness (QED) is 0.233. The smallest absolute Gasteiger partial charge is 0.305 e. The molecule has 0 aromatic carbocycles. The second-order valence-corrected chi connectivity index (χ2v) is 4.60. The van der Waals surface area contributed by atoms with E-state index in [9.17, 15) is 14.4 Å². The first kappa shape index (κ1) is 17.7. The summed E-state index contributed by atoms with van der Waals surface area (Å²) in [6.45, 7) is 3.44. The zero-order valence-electron chi connectivity index (χ0n) is 12.4. The third-order valence-corrected chi connectivity index (χ3v) is 2.73. The van der Waals surface area contributed by atoms with Gasteiger partial charge in [-0.25, -0.2) is 0 Å².